The van der Waals surface area contributed by atoms with Gasteiger partial charge in [-0.15, -0.1) is 11.8 Å². The lowest BCUT2D eigenvalue weighted by Gasteiger charge is -2.20. The minimum atomic E-state index is -0.978. The Kier molecular flexibility index (Phi) is 5.11. The van der Waals surface area contributed by atoms with E-state index in [-0.39, 0.29) is 11.9 Å². The molecule has 20 heavy (non-hydrogen) atoms. The SMILES string of the molecule is O=C(CCCNC(=O)N1CSC[C@H]1C(=O)O)NC1CC1. The van der Waals surface area contributed by atoms with Gasteiger partial charge in [0.15, 0.2) is 0 Å². The molecule has 0 aromatic rings. The lowest BCUT2D eigenvalue weighted by molar-refractivity contribution is -0.140. The first-order chi connectivity index (χ1) is 9.58. The van der Waals surface area contributed by atoms with Crippen molar-refractivity contribution in [3.05, 3.63) is 0 Å². The summed E-state index contributed by atoms with van der Waals surface area (Å²) in [4.78, 5) is 35.5. The first kappa shape index (κ1) is 15.0. The maximum absolute atomic E-state index is 11.8. The number of nitrogens with one attached hydrogen (secondary N) is 2. The smallest absolute Gasteiger partial charge is 0.327 e. The Morgan fingerprint density at radius 1 is 1.30 bits per heavy atom. The highest BCUT2D eigenvalue weighted by atomic mass is 32.2. The van der Waals surface area contributed by atoms with Crippen LogP contribution < -0.4 is 10.6 Å². The van der Waals surface area contributed by atoms with E-state index in [1.165, 1.54) is 16.7 Å². The molecule has 1 saturated carbocycles. The number of carboxylic acid groups (broad SMARTS) is 1. The van der Waals surface area contributed by atoms with Gasteiger partial charge < -0.3 is 20.6 Å². The highest BCUT2D eigenvalue weighted by Gasteiger charge is 2.34. The average molecular weight is 301 g/mol. The lowest BCUT2D eigenvalue weighted by Crippen LogP contribution is -2.47. The first-order valence-corrected chi connectivity index (χ1v) is 7.88. The van der Waals surface area contributed by atoms with Crippen molar-refractivity contribution in [3.63, 3.8) is 0 Å². The molecule has 1 atom stereocenters. The third-order valence-corrected chi connectivity index (χ3v) is 4.24. The number of amides is 3. The minimum absolute atomic E-state index is 0.0156. The fraction of sp³-hybridized carbons (Fsp3) is 0.750. The van der Waals surface area contributed by atoms with Gasteiger partial charge >= 0.3 is 12.0 Å². The van der Waals surface area contributed by atoms with E-state index in [0.717, 1.165) is 12.8 Å². The summed E-state index contributed by atoms with van der Waals surface area (Å²) in [5.41, 5.74) is 0. The van der Waals surface area contributed by atoms with Crippen molar-refractivity contribution in [2.45, 2.75) is 37.8 Å². The van der Waals surface area contributed by atoms with Crippen LogP contribution in [0, 0.1) is 0 Å². The zero-order valence-electron chi connectivity index (χ0n) is 11.1. The number of urea groups is 1. The predicted molar refractivity (Wildman–Crippen MR) is 74.4 cm³/mol. The van der Waals surface area contributed by atoms with Gasteiger partial charge in [0.2, 0.25) is 5.91 Å². The molecular weight excluding hydrogens is 282 g/mol. The molecule has 2 rings (SSSR count). The quantitative estimate of drug-likeness (QED) is 0.609. The van der Waals surface area contributed by atoms with Crippen LogP contribution in [0.3, 0.4) is 0 Å². The fourth-order valence-electron chi connectivity index (χ4n) is 1.92. The molecular formula is C12H19N3O4S. The van der Waals surface area contributed by atoms with Crippen LogP contribution in [0.15, 0.2) is 0 Å². The summed E-state index contributed by atoms with van der Waals surface area (Å²) in [5, 5.41) is 14.5. The number of carbonyl (C=O) groups is 3. The molecule has 0 aromatic carbocycles. The second kappa shape index (κ2) is 6.83. The highest BCUT2D eigenvalue weighted by molar-refractivity contribution is 7.99. The van der Waals surface area contributed by atoms with Crippen molar-refractivity contribution in [1.29, 1.82) is 0 Å². The van der Waals surface area contributed by atoms with Gasteiger partial charge in [-0.25, -0.2) is 9.59 Å². The molecule has 8 heteroatoms. The molecule has 0 spiro atoms. The van der Waals surface area contributed by atoms with E-state index in [0.29, 0.717) is 37.1 Å². The Bertz CT molecular complexity index is 400. The topological polar surface area (TPSA) is 98.7 Å². The van der Waals surface area contributed by atoms with Crippen molar-refractivity contribution in [2.75, 3.05) is 18.2 Å². The number of carboxylic acids is 1. The summed E-state index contributed by atoms with van der Waals surface area (Å²) in [6.45, 7) is 0.379. The van der Waals surface area contributed by atoms with Crippen LogP contribution in [0.2, 0.25) is 0 Å². The molecule has 1 saturated heterocycles. The van der Waals surface area contributed by atoms with E-state index in [9.17, 15) is 14.4 Å². The molecule has 1 heterocycles. The lowest BCUT2D eigenvalue weighted by atomic mass is 10.3. The molecule has 3 N–H and O–H groups in total. The minimum Gasteiger partial charge on any atom is -0.480 e. The average Bonchev–Trinajstić information content (AvgIpc) is 3.06. The Balaban J connectivity index is 1.61. The summed E-state index contributed by atoms with van der Waals surface area (Å²) < 4.78 is 0. The van der Waals surface area contributed by atoms with E-state index >= 15 is 0 Å². The predicted octanol–water partition coefficient (Wildman–Crippen LogP) is 0.214. The summed E-state index contributed by atoms with van der Waals surface area (Å²) in [5.74, 6) is -0.145. The molecule has 2 aliphatic rings. The Labute approximate surface area is 121 Å². The largest absolute Gasteiger partial charge is 0.480 e. The normalized spacial score (nSPS) is 21.6. The summed E-state index contributed by atoms with van der Waals surface area (Å²) in [6.07, 6.45) is 3.06. The van der Waals surface area contributed by atoms with Gasteiger partial charge in [-0.3, -0.25) is 4.79 Å². The van der Waals surface area contributed by atoms with Gasteiger partial charge in [0.05, 0.1) is 5.88 Å². The molecule has 3 amide bonds. The molecule has 112 valence electrons. The maximum atomic E-state index is 11.8. The molecule has 7 nitrogen and oxygen atoms in total. The number of hydrogen-bond donors (Lipinski definition) is 3. The number of hydrogen-bond acceptors (Lipinski definition) is 4. The molecule has 0 radical (unpaired) electrons. The maximum Gasteiger partial charge on any atom is 0.327 e. The van der Waals surface area contributed by atoms with Crippen LogP contribution in [0.4, 0.5) is 4.79 Å². The zero-order valence-corrected chi connectivity index (χ0v) is 11.9. The third kappa shape index (κ3) is 4.29. The van der Waals surface area contributed by atoms with E-state index < -0.39 is 12.0 Å². The van der Waals surface area contributed by atoms with Gasteiger partial charge in [0.1, 0.15) is 6.04 Å². The number of rotatable bonds is 6. The molecule has 0 aromatic heterocycles. The summed E-state index contributed by atoms with van der Waals surface area (Å²) >= 11 is 1.42. The third-order valence-electron chi connectivity index (χ3n) is 3.23. The molecule has 0 bridgehead atoms. The van der Waals surface area contributed by atoms with Crippen molar-refractivity contribution in [1.82, 2.24) is 15.5 Å². The zero-order chi connectivity index (χ0) is 14.5. The van der Waals surface area contributed by atoms with Crippen LogP contribution in [0.1, 0.15) is 25.7 Å². The van der Waals surface area contributed by atoms with Crippen molar-refractivity contribution in [3.8, 4) is 0 Å². The van der Waals surface area contributed by atoms with Crippen molar-refractivity contribution in [2.24, 2.45) is 0 Å². The van der Waals surface area contributed by atoms with Crippen LogP contribution >= 0.6 is 11.8 Å². The number of carbonyl (C=O) groups excluding carboxylic acids is 2. The second-order valence-corrected chi connectivity index (χ2v) is 6.00. The van der Waals surface area contributed by atoms with Gasteiger partial charge in [-0.2, -0.15) is 0 Å². The Morgan fingerprint density at radius 2 is 2.05 bits per heavy atom. The first-order valence-electron chi connectivity index (χ1n) is 6.72. The van der Waals surface area contributed by atoms with Gasteiger partial charge in [0, 0.05) is 24.8 Å². The monoisotopic (exact) mass is 301 g/mol. The van der Waals surface area contributed by atoms with Gasteiger partial charge in [-0.05, 0) is 19.3 Å². The van der Waals surface area contributed by atoms with E-state index in [1.807, 2.05) is 0 Å². The van der Waals surface area contributed by atoms with E-state index in [4.69, 9.17) is 5.11 Å². The van der Waals surface area contributed by atoms with E-state index in [1.54, 1.807) is 0 Å². The number of nitrogens with zero attached hydrogens (tertiary/aromatic N) is 1. The Morgan fingerprint density at radius 3 is 2.70 bits per heavy atom. The Hall–Kier alpha value is -1.44. The molecule has 0 unspecified atom stereocenters. The second-order valence-electron chi connectivity index (χ2n) is 5.00. The van der Waals surface area contributed by atoms with Crippen LogP contribution in [0.5, 0.6) is 0 Å². The standard InChI is InChI=1S/C12H19N3O4S/c16-10(14-8-3-4-8)2-1-5-13-12(19)15-7-20-6-9(15)11(17)18/h8-9H,1-7H2,(H,13,19)(H,14,16)(H,17,18)/t9-/m0/s1. The summed E-state index contributed by atoms with van der Waals surface area (Å²) in [6, 6.07) is -0.766. The molecule has 1 aliphatic carbocycles. The fourth-order valence-corrected chi connectivity index (χ4v) is 3.07. The summed E-state index contributed by atoms with van der Waals surface area (Å²) in [7, 11) is 0. The molecule has 2 fully saturated rings. The van der Waals surface area contributed by atoms with Gasteiger partial charge in [0.25, 0.3) is 0 Å². The van der Waals surface area contributed by atoms with Crippen molar-refractivity contribution < 1.29 is 19.5 Å². The van der Waals surface area contributed by atoms with Crippen LogP contribution in [-0.4, -0.2) is 58.2 Å². The molecule has 1 aliphatic heterocycles. The van der Waals surface area contributed by atoms with E-state index in [2.05, 4.69) is 10.6 Å². The number of thioether (sulfide) groups is 1. The number of aliphatic carboxylic acids is 1. The van der Waals surface area contributed by atoms with Crippen molar-refractivity contribution >= 4 is 29.7 Å². The highest BCUT2D eigenvalue weighted by Crippen LogP contribution is 2.21. The van der Waals surface area contributed by atoms with Crippen LogP contribution in [-0.2, 0) is 9.59 Å². The van der Waals surface area contributed by atoms with Gasteiger partial charge in [-0.1, -0.05) is 0 Å². The van der Waals surface area contributed by atoms with Crippen LogP contribution in [0.25, 0.3) is 0 Å².